The Labute approximate surface area is 233 Å². The second-order valence-electron chi connectivity index (χ2n) is 10.8. The van der Waals surface area contributed by atoms with E-state index in [2.05, 4.69) is 164 Å². The number of hydrogen-bond acceptors (Lipinski definition) is 1. The molecule has 0 saturated heterocycles. The summed E-state index contributed by atoms with van der Waals surface area (Å²) in [5.74, 6) is 0. The third-order valence-electron chi connectivity index (χ3n) is 8.77. The van der Waals surface area contributed by atoms with Crippen LogP contribution in [0.15, 0.2) is 163 Å². The van der Waals surface area contributed by atoms with E-state index in [1.807, 2.05) is 0 Å². The minimum Gasteiger partial charge on any atom is -0.238 e. The van der Waals surface area contributed by atoms with Gasteiger partial charge < -0.3 is 0 Å². The van der Waals surface area contributed by atoms with Crippen LogP contribution in [0.5, 0.6) is 0 Å². The van der Waals surface area contributed by atoms with Gasteiger partial charge >= 0.3 is 0 Å². The van der Waals surface area contributed by atoms with E-state index in [-0.39, 0.29) is 18.1 Å². The number of benzene rings is 3. The Morgan fingerprint density at radius 2 is 0.700 bits per heavy atom. The Kier molecular flexibility index (Phi) is 4.54. The fourth-order valence-electron chi connectivity index (χ4n) is 7.35. The summed E-state index contributed by atoms with van der Waals surface area (Å²) in [5.41, 5.74) is 11.4. The van der Waals surface area contributed by atoms with E-state index in [0.29, 0.717) is 0 Å². The first-order valence-electron chi connectivity index (χ1n) is 14.0. The lowest BCUT2D eigenvalue weighted by atomic mass is 9.80. The summed E-state index contributed by atoms with van der Waals surface area (Å²) in [6, 6.07) is 32.8. The van der Waals surface area contributed by atoms with E-state index in [1.54, 1.807) is 0 Å². The van der Waals surface area contributed by atoms with Crippen molar-refractivity contribution in [3.63, 3.8) is 0 Å². The van der Waals surface area contributed by atoms with Gasteiger partial charge in [-0.2, -0.15) is 13.7 Å². The van der Waals surface area contributed by atoms with Crippen molar-refractivity contribution in [3.8, 4) is 0 Å². The number of para-hydroxylation sites is 3. The molecule has 0 radical (unpaired) electrons. The summed E-state index contributed by atoms with van der Waals surface area (Å²) in [6.45, 7) is 0. The van der Waals surface area contributed by atoms with Gasteiger partial charge in [0.2, 0.25) is 51.3 Å². The molecule has 3 aromatic rings. The summed E-state index contributed by atoms with van der Waals surface area (Å²) in [4.78, 5) is 2.76. The molecule has 3 unspecified atom stereocenters. The Bertz CT molecular complexity index is 1660. The molecule has 0 amide bonds. The normalized spacial score (nSPS) is 25.5. The van der Waals surface area contributed by atoms with Crippen molar-refractivity contribution in [1.82, 2.24) is 4.90 Å². The van der Waals surface area contributed by atoms with Gasteiger partial charge in [-0.15, -0.1) is 0 Å². The topological polar surface area (TPSA) is 12.3 Å². The predicted molar refractivity (Wildman–Crippen MR) is 159 cm³/mol. The molecule has 3 atom stereocenters. The molecule has 4 nitrogen and oxygen atoms in total. The SMILES string of the molecule is C1=CC2=[N+](c3ccccc3)C3=CC=CC4=[N+](c5ccccc5)C5=CC=CC6=[N+](c7ccccc7)C(=C1)C2N(C56)C34. The predicted octanol–water partition coefficient (Wildman–Crippen LogP) is 6.15. The average Bonchev–Trinajstić information content (AvgIpc) is 3.03. The van der Waals surface area contributed by atoms with Crippen LogP contribution in [-0.4, -0.2) is 53.9 Å². The zero-order chi connectivity index (χ0) is 26.2. The van der Waals surface area contributed by atoms with Crippen LogP contribution < -0.4 is 0 Å². The largest absolute Gasteiger partial charge is 0.238 e. The van der Waals surface area contributed by atoms with Crippen LogP contribution in [0.3, 0.4) is 0 Å². The molecule has 4 heteroatoms. The molecule has 188 valence electrons. The van der Waals surface area contributed by atoms with Gasteiger partial charge in [0.25, 0.3) is 0 Å². The van der Waals surface area contributed by atoms with Crippen molar-refractivity contribution in [2.24, 2.45) is 0 Å². The van der Waals surface area contributed by atoms with Crippen LogP contribution in [0.1, 0.15) is 0 Å². The molecule has 6 aliphatic rings. The lowest BCUT2D eigenvalue weighted by molar-refractivity contribution is -0.449. The van der Waals surface area contributed by atoms with Gasteiger partial charge in [-0.25, -0.2) is 4.90 Å². The molecule has 0 saturated carbocycles. The van der Waals surface area contributed by atoms with Crippen LogP contribution in [-0.2, 0) is 0 Å². The van der Waals surface area contributed by atoms with Gasteiger partial charge in [0.05, 0.1) is 0 Å². The third-order valence-corrected chi connectivity index (χ3v) is 8.77. The van der Waals surface area contributed by atoms with Crippen LogP contribution >= 0.6 is 0 Å². The van der Waals surface area contributed by atoms with E-state index in [0.717, 1.165) is 0 Å². The second-order valence-corrected chi connectivity index (χ2v) is 10.8. The van der Waals surface area contributed by atoms with E-state index >= 15 is 0 Å². The van der Waals surface area contributed by atoms with E-state index < -0.39 is 0 Å². The zero-order valence-corrected chi connectivity index (χ0v) is 21.9. The van der Waals surface area contributed by atoms with Gasteiger partial charge in [-0.1, -0.05) is 54.6 Å². The van der Waals surface area contributed by atoms with Crippen molar-refractivity contribution in [1.29, 1.82) is 0 Å². The molecule has 40 heavy (non-hydrogen) atoms. The molecular formula is C36H27N4+3. The van der Waals surface area contributed by atoms with Crippen molar-refractivity contribution in [3.05, 3.63) is 163 Å². The highest BCUT2D eigenvalue weighted by Gasteiger charge is 2.65. The van der Waals surface area contributed by atoms with Crippen molar-refractivity contribution in [2.45, 2.75) is 18.1 Å². The maximum absolute atomic E-state index is 2.76. The summed E-state index contributed by atoms with van der Waals surface area (Å²) in [7, 11) is 0. The number of rotatable bonds is 3. The molecule has 0 fully saturated rings. The molecule has 3 aliphatic carbocycles. The van der Waals surface area contributed by atoms with Gasteiger partial charge in [0.1, 0.15) is 0 Å². The molecular weight excluding hydrogens is 488 g/mol. The smallest absolute Gasteiger partial charge is 0.216 e. The summed E-state index contributed by atoms with van der Waals surface area (Å²) >= 11 is 0. The lowest BCUT2D eigenvalue weighted by Crippen LogP contribution is -2.71. The monoisotopic (exact) mass is 515 g/mol. The molecule has 3 aromatic carbocycles. The van der Waals surface area contributed by atoms with Gasteiger partial charge in [0.15, 0.2) is 18.1 Å². The molecule has 0 bridgehead atoms. The van der Waals surface area contributed by atoms with Gasteiger partial charge in [-0.05, 0) is 18.2 Å². The number of allylic oxidation sites excluding steroid dienone is 6. The van der Waals surface area contributed by atoms with E-state index in [4.69, 9.17) is 0 Å². The highest BCUT2D eigenvalue weighted by atomic mass is 15.4. The highest BCUT2D eigenvalue weighted by molar-refractivity contribution is 6.10. The van der Waals surface area contributed by atoms with Crippen molar-refractivity contribution in [2.75, 3.05) is 0 Å². The summed E-state index contributed by atoms with van der Waals surface area (Å²) in [6.07, 6.45) is 20.6. The average molecular weight is 516 g/mol. The fraction of sp³-hybridized carbons (Fsp3) is 0.0833. The van der Waals surface area contributed by atoms with Crippen LogP contribution in [0.4, 0.5) is 17.1 Å². The maximum atomic E-state index is 2.76. The maximum Gasteiger partial charge on any atom is 0.216 e. The quantitative estimate of drug-likeness (QED) is 0.381. The van der Waals surface area contributed by atoms with Gasteiger partial charge in [-0.3, -0.25) is 0 Å². The van der Waals surface area contributed by atoms with Crippen molar-refractivity contribution < 1.29 is 13.7 Å². The second kappa shape index (κ2) is 8.28. The van der Waals surface area contributed by atoms with E-state index in [9.17, 15) is 0 Å². The van der Waals surface area contributed by atoms with Crippen LogP contribution in [0.2, 0.25) is 0 Å². The Morgan fingerprint density at radius 3 is 1.00 bits per heavy atom. The third kappa shape index (κ3) is 2.86. The molecule has 3 aliphatic heterocycles. The van der Waals surface area contributed by atoms with Crippen LogP contribution in [0.25, 0.3) is 0 Å². The molecule has 3 heterocycles. The first-order valence-corrected chi connectivity index (χ1v) is 14.0. The minimum absolute atomic E-state index is 0.0932. The Hall–Kier alpha value is -4.93. The molecule has 0 N–H and O–H groups in total. The molecule has 0 aromatic heterocycles. The first kappa shape index (κ1) is 21.9. The van der Waals surface area contributed by atoms with E-state index in [1.165, 1.54) is 51.3 Å². The number of hydrogen-bond donors (Lipinski definition) is 0. The Balaban J connectivity index is 1.42. The number of nitrogens with zero attached hydrogens (tertiary/aromatic N) is 4. The zero-order valence-electron chi connectivity index (χ0n) is 21.9. The molecule has 0 spiro atoms. The highest BCUT2D eigenvalue weighted by Crippen LogP contribution is 2.46. The van der Waals surface area contributed by atoms with Crippen molar-refractivity contribution >= 4 is 34.2 Å². The van der Waals surface area contributed by atoms with Crippen LogP contribution in [0, 0.1) is 0 Å². The molecule has 9 rings (SSSR count). The van der Waals surface area contributed by atoms with Gasteiger partial charge in [0, 0.05) is 72.9 Å². The summed E-state index contributed by atoms with van der Waals surface area (Å²) in [5, 5.41) is 0. The standard InChI is InChI=1S/C36H27N4/c1-4-13-25(14-5-1)37-28-19-10-21-30-34(28)40-35-29(37)20-11-22-31(35)39(27-17-8-3-9-18-27)33-24-12-23-32(36(33)40)38(30)26-15-6-2-7-16-26/h1-24,34-36H/q+3. The lowest BCUT2D eigenvalue weighted by Gasteiger charge is -2.48. The minimum atomic E-state index is 0.0932. The Morgan fingerprint density at radius 1 is 0.400 bits per heavy atom. The first-order chi connectivity index (χ1) is 19.9. The fourth-order valence-corrected chi connectivity index (χ4v) is 7.35. The summed E-state index contributed by atoms with van der Waals surface area (Å²) < 4.78 is 7.51.